The van der Waals surface area contributed by atoms with Crippen molar-refractivity contribution in [3.8, 4) is 5.69 Å². The van der Waals surface area contributed by atoms with Crippen LogP contribution in [0.5, 0.6) is 0 Å². The number of fused-ring (bicyclic) bond motifs is 1. The highest BCUT2D eigenvalue weighted by Crippen LogP contribution is 2.26. The van der Waals surface area contributed by atoms with Crippen molar-refractivity contribution in [1.29, 1.82) is 0 Å². The summed E-state index contributed by atoms with van der Waals surface area (Å²) in [5, 5.41) is 0.457. The molecule has 5 heteroatoms. The molecule has 1 heterocycles. The molecule has 0 amide bonds. The molecule has 0 saturated heterocycles. The summed E-state index contributed by atoms with van der Waals surface area (Å²) in [6.45, 7) is 2.00. The van der Waals surface area contributed by atoms with E-state index in [-0.39, 0.29) is 5.82 Å². The average Bonchev–Trinajstić information content (AvgIpc) is 2.67. The first-order valence-electron chi connectivity index (χ1n) is 5.73. The van der Waals surface area contributed by atoms with Crippen molar-refractivity contribution < 1.29 is 4.39 Å². The Balaban J connectivity index is 2.39. The van der Waals surface area contributed by atoms with Crippen LogP contribution >= 0.6 is 23.8 Å². The lowest BCUT2D eigenvalue weighted by atomic mass is 10.2. The minimum Gasteiger partial charge on any atom is -0.330 e. The van der Waals surface area contributed by atoms with E-state index >= 15 is 0 Å². The van der Waals surface area contributed by atoms with Crippen LogP contribution in [0.4, 0.5) is 4.39 Å². The maximum Gasteiger partial charge on any atom is 0.182 e. The fourth-order valence-electron chi connectivity index (χ4n) is 2.12. The third-order valence-corrected chi connectivity index (χ3v) is 3.59. The highest BCUT2D eigenvalue weighted by molar-refractivity contribution is 7.71. The van der Waals surface area contributed by atoms with Gasteiger partial charge in [-0.15, -0.1) is 0 Å². The van der Waals surface area contributed by atoms with E-state index in [0.717, 1.165) is 16.6 Å². The molecule has 1 aromatic heterocycles. The summed E-state index contributed by atoms with van der Waals surface area (Å²) in [6.07, 6.45) is 0. The summed E-state index contributed by atoms with van der Waals surface area (Å²) in [7, 11) is 0. The van der Waals surface area contributed by atoms with Gasteiger partial charge in [-0.2, -0.15) is 0 Å². The SMILES string of the molecule is Cc1ccc2c(c1)[nH]c(=S)n2-c1cc(F)ccc1Cl. The number of imidazole rings is 1. The maximum atomic E-state index is 13.4. The number of aryl methyl sites for hydroxylation is 1. The first-order chi connectivity index (χ1) is 9.06. The average molecular weight is 293 g/mol. The predicted octanol–water partition coefficient (Wildman–Crippen LogP) is 4.79. The number of H-pyrrole nitrogens is 1. The first-order valence-corrected chi connectivity index (χ1v) is 6.52. The summed E-state index contributed by atoms with van der Waals surface area (Å²) in [5.74, 6) is -0.345. The van der Waals surface area contributed by atoms with Crippen LogP contribution < -0.4 is 0 Å². The summed E-state index contributed by atoms with van der Waals surface area (Å²) in [6, 6.07) is 10.2. The molecule has 0 fully saturated rings. The highest BCUT2D eigenvalue weighted by Gasteiger charge is 2.10. The van der Waals surface area contributed by atoms with Gasteiger partial charge in [-0.1, -0.05) is 17.7 Å². The Morgan fingerprint density at radius 1 is 1.21 bits per heavy atom. The van der Waals surface area contributed by atoms with Gasteiger partial charge in [0.25, 0.3) is 0 Å². The van der Waals surface area contributed by atoms with Gasteiger partial charge in [-0.05, 0) is 55.0 Å². The largest absolute Gasteiger partial charge is 0.330 e. The molecule has 1 N–H and O–H groups in total. The van der Waals surface area contributed by atoms with Crippen LogP contribution in [0.25, 0.3) is 16.7 Å². The molecule has 0 saturated carbocycles. The Bertz CT molecular complexity index is 835. The highest BCUT2D eigenvalue weighted by atomic mass is 35.5. The van der Waals surface area contributed by atoms with E-state index in [2.05, 4.69) is 4.98 Å². The molecule has 0 aliphatic heterocycles. The van der Waals surface area contributed by atoms with E-state index in [9.17, 15) is 4.39 Å². The van der Waals surface area contributed by atoms with Crippen LogP contribution in [-0.2, 0) is 0 Å². The van der Waals surface area contributed by atoms with E-state index in [1.807, 2.05) is 25.1 Å². The number of nitrogens with zero attached hydrogens (tertiary/aromatic N) is 1. The predicted molar refractivity (Wildman–Crippen MR) is 78.2 cm³/mol. The number of hydrogen-bond donors (Lipinski definition) is 1. The molecule has 19 heavy (non-hydrogen) atoms. The zero-order valence-corrected chi connectivity index (χ0v) is 11.6. The Labute approximate surface area is 119 Å². The quantitative estimate of drug-likeness (QED) is 0.640. The third kappa shape index (κ3) is 2.07. The molecule has 0 bridgehead atoms. The van der Waals surface area contributed by atoms with E-state index in [0.29, 0.717) is 15.5 Å². The summed E-state index contributed by atoms with van der Waals surface area (Å²) in [5.41, 5.74) is 3.46. The third-order valence-electron chi connectivity index (χ3n) is 2.99. The van der Waals surface area contributed by atoms with Crippen molar-refractivity contribution in [2.24, 2.45) is 0 Å². The van der Waals surface area contributed by atoms with Crippen molar-refractivity contribution in [2.75, 3.05) is 0 Å². The lowest BCUT2D eigenvalue weighted by Gasteiger charge is -2.07. The summed E-state index contributed by atoms with van der Waals surface area (Å²) in [4.78, 5) is 3.11. The number of aromatic amines is 1. The van der Waals surface area contributed by atoms with Crippen LogP contribution in [0.1, 0.15) is 5.56 Å². The van der Waals surface area contributed by atoms with Gasteiger partial charge in [-0.25, -0.2) is 4.39 Å². The Morgan fingerprint density at radius 3 is 2.79 bits per heavy atom. The minimum atomic E-state index is -0.345. The second-order valence-corrected chi connectivity index (χ2v) is 5.18. The molecule has 0 spiro atoms. The molecule has 0 unspecified atom stereocenters. The molecule has 0 aliphatic rings. The first kappa shape index (κ1) is 12.4. The molecule has 0 aliphatic carbocycles. The number of benzene rings is 2. The molecule has 96 valence electrons. The van der Waals surface area contributed by atoms with E-state index in [1.54, 1.807) is 4.57 Å². The van der Waals surface area contributed by atoms with Gasteiger partial charge in [0.2, 0.25) is 0 Å². The van der Waals surface area contributed by atoms with Gasteiger partial charge in [0.15, 0.2) is 4.77 Å². The smallest absolute Gasteiger partial charge is 0.182 e. The summed E-state index contributed by atoms with van der Waals surface area (Å²) < 4.78 is 15.7. The monoisotopic (exact) mass is 292 g/mol. The number of halogens is 2. The number of rotatable bonds is 1. The molecule has 0 radical (unpaired) electrons. The second kappa shape index (κ2) is 4.47. The van der Waals surface area contributed by atoms with Crippen LogP contribution in [-0.4, -0.2) is 9.55 Å². The summed E-state index contributed by atoms with van der Waals surface area (Å²) >= 11 is 11.5. The van der Waals surface area contributed by atoms with Crippen molar-refractivity contribution >= 4 is 34.9 Å². The van der Waals surface area contributed by atoms with E-state index in [1.165, 1.54) is 18.2 Å². The van der Waals surface area contributed by atoms with Gasteiger partial charge in [-0.3, -0.25) is 4.57 Å². The molecular weight excluding hydrogens is 283 g/mol. The molecular formula is C14H10ClFN2S. The minimum absolute atomic E-state index is 0.345. The van der Waals surface area contributed by atoms with E-state index in [4.69, 9.17) is 23.8 Å². The van der Waals surface area contributed by atoms with Crippen LogP contribution in [0.15, 0.2) is 36.4 Å². The lowest BCUT2D eigenvalue weighted by molar-refractivity contribution is 0.626. The fraction of sp³-hybridized carbons (Fsp3) is 0.0714. The van der Waals surface area contributed by atoms with Gasteiger partial charge < -0.3 is 4.98 Å². The standard InChI is InChI=1S/C14H10ClFN2S/c1-8-2-5-12-11(6-8)17-14(19)18(12)13-7-9(16)3-4-10(13)15/h2-7H,1H3,(H,17,19). The van der Waals surface area contributed by atoms with Gasteiger partial charge >= 0.3 is 0 Å². The van der Waals surface area contributed by atoms with E-state index < -0.39 is 0 Å². The van der Waals surface area contributed by atoms with Crippen molar-refractivity contribution in [1.82, 2.24) is 9.55 Å². The second-order valence-electron chi connectivity index (χ2n) is 4.38. The number of hydrogen-bond acceptors (Lipinski definition) is 1. The van der Waals surface area contributed by atoms with Crippen molar-refractivity contribution in [2.45, 2.75) is 6.92 Å². The zero-order valence-electron chi connectivity index (χ0n) is 10.1. The number of aromatic nitrogens is 2. The zero-order chi connectivity index (χ0) is 13.6. The normalized spacial score (nSPS) is 11.1. The van der Waals surface area contributed by atoms with Crippen molar-refractivity contribution in [3.05, 3.63) is 57.6 Å². The fourth-order valence-corrected chi connectivity index (χ4v) is 2.63. The Kier molecular flexibility index (Phi) is 2.92. The van der Waals surface area contributed by atoms with Crippen molar-refractivity contribution in [3.63, 3.8) is 0 Å². The van der Waals surface area contributed by atoms with Gasteiger partial charge in [0, 0.05) is 0 Å². The van der Waals surface area contributed by atoms with Gasteiger partial charge in [0.05, 0.1) is 21.7 Å². The van der Waals surface area contributed by atoms with Gasteiger partial charge in [0.1, 0.15) is 5.82 Å². The lowest BCUT2D eigenvalue weighted by Crippen LogP contribution is -1.96. The Hall–Kier alpha value is -1.65. The number of nitrogens with one attached hydrogen (secondary N) is 1. The molecule has 3 aromatic rings. The molecule has 2 aromatic carbocycles. The maximum absolute atomic E-state index is 13.4. The Morgan fingerprint density at radius 2 is 2.00 bits per heavy atom. The topological polar surface area (TPSA) is 20.7 Å². The molecule has 0 atom stereocenters. The molecule has 3 rings (SSSR count). The molecule has 2 nitrogen and oxygen atoms in total. The van der Waals surface area contributed by atoms with Crippen LogP contribution in [0.3, 0.4) is 0 Å². The van der Waals surface area contributed by atoms with Crippen LogP contribution in [0, 0.1) is 17.5 Å². The van der Waals surface area contributed by atoms with Crippen LogP contribution in [0.2, 0.25) is 5.02 Å².